The Labute approximate surface area is 171 Å². The Kier molecular flexibility index (Phi) is 6.32. The Balaban J connectivity index is 1.90. The molecule has 0 saturated carbocycles. The summed E-state index contributed by atoms with van der Waals surface area (Å²) in [6, 6.07) is 9.89. The van der Waals surface area contributed by atoms with E-state index in [2.05, 4.69) is 10.3 Å². The average molecular weight is 417 g/mol. The number of hydrogen-bond donors (Lipinski definition) is 1. The molecule has 29 heavy (non-hydrogen) atoms. The summed E-state index contributed by atoms with van der Waals surface area (Å²) in [5.41, 5.74) is 0.146. The zero-order valence-corrected chi connectivity index (χ0v) is 17.1. The predicted octanol–water partition coefficient (Wildman–Crippen LogP) is 4.45. The van der Waals surface area contributed by atoms with Gasteiger partial charge < -0.3 is 5.32 Å². The van der Waals surface area contributed by atoms with Crippen molar-refractivity contribution < 1.29 is 13.6 Å². The summed E-state index contributed by atoms with van der Waals surface area (Å²) in [4.78, 5) is 30.0. The van der Waals surface area contributed by atoms with E-state index in [1.54, 1.807) is 35.8 Å². The lowest BCUT2D eigenvalue weighted by Gasteiger charge is -2.17. The Morgan fingerprint density at radius 3 is 2.62 bits per heavy atom. The molecule has 0 radical (unpaired) electrons. The second-order valence-corrected chi connectivity index (χ2v) is 8.40. The molecular formula is C21H21F2N3O2S. The molecule has 0 fully saturated rings. The van der Waals surface area contributed by atoms with Gasteiger partial charge in [0.15, 0.2) is 5.16 Å². The number of thioether (sulfide) groups is 1. The average Bonchev–Trinajstić information content (AvgIpc) is 2.67. The van der Waals surface area contributed by atoms with Crippen molar-refractivity contribution in [2.24, 2.45) is 5.92 Å². The van der Waals surface area contributed by atoms with Crippen LogP contribution >= 0.6 is 11.8 Å². The fourth-order valence-corrected chi connectivity index (χ4v) is 3.72. The number of fused-ring (bicyclic) bond motifs is 1. The lowest BCUT2D eigenvalue weighted by atomic mass is 10.2. The number of halogens is 2. The minimum absolute atomic E-state index is 0.171. The van der Waals surface area contributed by atoms with Gasteiger partial charge in [-0.2, -0.15) is 0 Å². The summed E-state index contributed by atoms with van der Waals surface area (Å²) in [7, 11) is 0. The van der Waals surface area contributed by atoms with Crippen LogP contribution in [0.5, 0.6) is 0 Å². The molecule has 3 rings (SSSR count). The number of benzene rings is 2. The lowest BCUT2D eigenvalue weighted by Crippen LogP contribution is -2.28. The van der Waals surface area contributed by atoms with Gasteiger partial charge in [0.2, 0.25) is 5.91 Å². The van der Waals surface area contributed by atoms with Gasteiger partial charge in [0, 0.05) is 12.6 Å². The quantitative estimate of drug-likeness (QED) is 0.475. The Morgan fingerprint density at radius 1 is 1.17 bits per heavy atom. The second-order valence-electron chi connectivity index (χ2n) is 7.09. The van der Waals surface area contributed by atoms with Gasteiger partial charge in [-0.1, -0.05) is 37.7 Å². The topological polar surface area (TPSA) is 64.0 Å². The number of rotatable bonds is 6. The van der Waals surface area contributed by atoms with Crippen molar-refractivity contribution in [2.75, 3.05) is 5.32 Å². The van der Waals surface area contributed by atoms with Crippen molar-refractivity contribution in [2.45, 2.75) is 37.7 Å². The van der Waals surface area contributed by atoms with Crippen LogP contribution in [0.3, 0.4) is 0 Å². The zero-order chi connectivity index (χ0) is 21.1. The molecule has 0 spiro atoms. The third-order valence-corrected chi connectivity index (χ3v) is 5.30. The fraction of sp³-hybridized carbons (Fsp3) is 0.286. The molecule has 1 amide bonds. The van der Waals surface area contributed by atoms with Gasteiger partial charge in [-0.3, -0.25) is 14.2 Å². The molecule has 1 heterocycles. The molecule has 0 aliphatic carbocycles. The first-order valence-electron chi connectivity index (χ1n) is 9.18. The normalized spacial score (nSPS) is 12.3. The minimum Gasteiger partial charge on any atom is -0.323 e. The van der Waals surface area contributed by atoms with Crippen molar-refractivity contribution in [3.63, 3.8) is 0 Å². The van der Waals surface area contributed by atoms with E-state index in [1.165, 1.54) is 0 Å². The molecule has 1 N–H and O–H groups in total. The number of nitrogens with one attached hydrogen (secondary N) is 1. The van der Waals surface area contributed by atoms with Gasteiger partial charge in [-0.15, -0.1) is 0 Å². The van der Waals surface area contributed by atoms with E-state index >= 15 is 0 Å². The Morgan fingerprint density at radius 2 is 1.90 bits per heavy atom. The summed E-state index contributed by atoms with van der Waals surface area (Å²) in [6.07, 6.45) is 0. The summed E-state index contributed by atoms with van der Waals surface area (Å²) >= 11 is 1.10. The summed E-state index contributed by atoms with van der Waals surface area (Å²) in [5.74, 6) is -1.69. The molecule has 1 aromatic heterocycles. The SMILES string of the molecule is CC(C)Cn1c(S[C@@H](C)C(=O)Nc2cc(F)ccc2F)nc2ccccc2c1=O. The zero-order valence-electron chi connectivity index (χ0n) is 16.3. The van der Waals surface area contributed by atoms with Crippen molar-refractivity contribution in [3.05, 3.63) is 64.5 Å². The minimum atomic E-state index is -0.725. The first kappa shape index (κ1) is 21.0. The molecule has 1 atom stereocenters. The van der Waals surface area contributed by atoms with Crippen LogP contribution in [0.1, 0.15) is 20.8 Å². The number of carbonyl (C=O) groups is 1. The fourth-order valence-electron chi connectivity index (χ4n) is 2.80. The van der Waals surface area contributed by atoms with Crippen LogP contribution in [0.2, 0.25) is 0 Å². The number of anilines is 1. The third-order valence-electron chi connectivity index (χ3n) is 4.21. The number of aromatic nitrogens is 2. The molecule has 0 bridgehead atoms. The van der Waals surface area contributed by atoms with Crippen molar-refractivity contribution in [3.8, 4) is 0 Å². The molecule has 0 unspecified atom stereocenters. The van der Waals surface area contributed by atoms with E-state index in [-0.39, 0.29) is 17.2 Å². The molecule has 3 aromatic rings. The van der Waals surface area contributed by atoms with Gasteiger partial charge >= 0.3 is 0 Å². The van der Waals surface area contributed by atoms with Crippen LogP contribution in [-0.4, -0.2) is 20.7 Å². The van der Waals surface area contributed by atoms with Gasteiger partial charge in [-0.05, 0) is 37.1 Å². The molecule has 8 heteroatoms. The van der Waals surface area contributed by atoms with Crippen molar-refractivity contribution >= 4 is 34.3 Å². The van der Waals surface area contributed by atoms with E-state index in [1.807, 2.05) is 13.8 Å². The first-order chi connectivity index (χ1) is 13.8. The van der Waals surface area contributed by atoms with E-state index in [0.717, 1.165) is 30.0 Å². The highest BCUT2D eigenvalue weighted by Gasteiger charge is 2.21. The third kappa shape index (κ3) is 4.82. The molecule has 152 valence electrons. The largest absolute Gasteiger partial charge is 0.323 e. The van der Waals surface area contributed by atoms with E-state index in [0.29, 0.717) is 22.6 Å². The molecule has 0 saturated heterocycles. The maximum Gasteiger partial charge on any atom is 0.262 e. The summed E-state index contributed by atoms with van der Waals surface area (Å²) in [6.45, 7) is 6.04. The standard InChI is InChI=1S/C21H21F2N3O2S/c1-12(2)11-26-20(28)15-6-4-5-7-17(15)25-21(26)29-13(3)19(27)24-18-10-14(22)8-9-16(18)23/h4-10,12-13H,11H2,1-3H3,(H,24,27)/t13-/m0/s1. The van der Waals surface area contributed by atoms with Crippen LogP contribution in [0, 0.1) is 17.6 Å². The van der Waals surface area contributed by atoms with Gasteiger partial charge in [0.05, 0.1) is 21.8 Å². The highest BCUT2D eigenvalue weighted by atomic mass is 32.2. The lowest BCUT2D eigenvalue weighted by molar-refractivity contribution is -0.115. The Bertz CT molecular complexity index is 1110. The van der Waals surface area contributed by atoms with Crippen LogP contribution < -0.4 is 10.9 Å². The molecular weight excluding hydrogens is 396 g/mol. The number of hydrogen-bond acceptors (Lipinski definition) is 4. The molecule has 0 aliphatic rings. The summed E-state index contributed by atoms with van der Waals surface area (Å²) < 4.78 is 28.7. The van der Waals surface area contributed by atoms with E-state index in [4.69, 9.17) is 0 Å². The van der Waals surface area contributed by atoms with E-state index in [9.17, 15) is 18.4 Å². The number of amides is 1. The smallest absolute Gasteiger partial charge is 0.262 e. The van der Waals surface area contributed by atoms with Crippen molar-refractivity contribution in [1.82, 2.24) is 9.55 Å². The first-order valence-corrected chi connectivity index (χ1v) is 10.1. The van der Waals surface area contributed by atoms with Crippen LogP contribution in [0.15, 0.2) is 52.4 Å². The van der Waals surface area contributed by atoms with Gasteiger partial charge in [0.25, 0.3) is 5.56 Å². The highest BCUT2D eigenvalue weighted by Crippen LogP contribution is 2.25. The maximum atomic E-state index is 13.8. The monoisotopic (exact) mass is 417 g/mol. The second kappa shape index (κ2) is 8.73. The number of carbonyl (C=O) groups excluding carboxylic acids is 1. The van der Waals surface area contributed by atoms with Crippen LogP contribution in [0.4, 0.5) is 14.5 Å². The summed E-state index contributed by atoms with van der Waals surface area (Å²) in [5, 5.41) is 2.62. The van der Waals surface area contributed by atoms with E-state index < -0.39 is 22.8 Å². The van der Waals surface area contributed by atoms with Crippen LogP contribution in [-0.2, 0) is 11.3 Å². The molecule has 2 aromatic carbocycles. The van der Waals surface area contributed by atoms with Crippen molar-refractivity contribution in [1.29, 1.82) is 0 Å². The highest BCUT2D eigenvalue weighted by molar-refractivity contribution is 8.00. The van der Waals surface area contributed by atoms with Gasteiger partial charge in [-0.25, -0.2) is 13.8 Å². The molecule has 5 nitrogen and oxygen atoms in total. The Hall–Kier alpha value is -2.74. The van der Waals surface area contributed by atoms with Gasteiger partial charge in [0.1, 0.15) is 11.6 Å². The molecule has 0 aliphatic heterocycles. The predicted molar refractivity (Wildman–Crippen MR) is 111 cm³/mol. The number of para-hydroxylation sites is 1. The number of nitrogens with zero attached hydrogens (tertiary/aromatic N) is 2. The van der Waals surface area contributed by atoms with Crippen LogP contribution in [0.25, 0.3) is 10.9 Å². The maximum absolute atomic E-state index is 13.8.